The first-order chi connectivity index (χ1) is 6.97. The molecule has 0 aromatic carbocycles. The predicted octanol–water partition coefficient (Wildman–Crippen LogP) is 1.64. The molecule has 0 heterocycles. The van der Waals surface area contributed by atoms with Crippen molar-refractivity contribution in [3.63, 3.8) is 0 Å². The summed E-state index contributed by atoms with van der Waals surface area (Å²) in [7, 11) is 0. The van der Waals surface area contributed by atoms with Crippen LogP contribution in [-0.2, 0) is 4.79 Å². The van der Waals surface area contributed by atoms with Gasteiger partial charge >= 0.3 is 0 Å². The molecular formula is C11H21N3O. The van der Waals surface area contributed by atoms with Gasteiger partial charge in [0.1, 0.15) is 5.71 Å². The van der Waals surface area contributed by atoms with E-state index in [0.29, 0.717) is 24.8 Å². The molecule has 0 aliphatic rings. The van der Waals surface area contributed by atoms with E-state index in [1.165, 1.54) is 6.21 Å². The molecule has 2 N–H and O–H groups in total. The molecule has 15 heavy (non-hydrogen) atoms. The first-order valence-electron chi connectivity index (χ1n) is 5.28. The van der Waals surface area contributed by atoms with Gasteiger partial charge in [-0.15, -0.1) is 0 Å². The van der Waals surface area contributed by atoms with Crippen molar-refractivity contribution < 1.29 is 4.79 Å². The Labute approximate surface area is 91.7 Å². The number of carbonyl (C=O) groups excluding carboxylic acids is 1. The summed E-state index contributed by atoms with van der Waals surface area (Å²) in [5.74, 6) is 5.89. The van der Waals surface area contributed by atoms with Crippen LogP contribution >= 0.6 is 0 Å². The molecular weight excluding hydrogens is 190 g/mol. The Morgan fingerprint density at radius 1 is 1.27 bits per heavy atom. The second-order valence-corrected chi connectivity index (χ2v) is 4.42. The third-order valence-electron chi connectivity index (χ3n) is 1.70. The van der Waals surface area contributed by atoms with Crippen LogP contribution in [0.5, 0.6) is 0 Å². The number of hydrogen-bond acceptors (Lipinski definition) is 4. The molecule has 0 spiro atoms. The molecule has 0 aliphatic heterocycles. The minimum atomic E-state index is -0.0417. The van der Waals surface area contributed by atoms with Gasteiger partial charge in [-0.2, -0.15) is 5.10 Å². The Kier molecular flexibility index (Phi) is 6.58. The van der Waals surface area contributed by atoms with Crippen LogP contribution in [0.3, 0.4) is 0 Å². The van der Waals surface area contributed by atoms with Crippen molar-refractivity contribution >= 4 is 17.7 Å². The predicted molar refractivity (Wildman–Crippen MR) is 64.3 cm³/mol. The second kappa shape index (κ2) is 7.15. The monoisotopic (exact) mass is 211 g/mol. The van der Waals surface area contributed by atoms with E-state index in [9.17, 15) is 4.79 Å². The minimum absolute atomic E-state index is 0.0417. The second-order valence-electron chi connectivity index (χ2n) is 4.42. The molecule has 0 fully saturated rings. The average Bonchev–Trinajstić information content (AvgIpc) is 2.10. The maximum absolute atomic E-state index is 11.6. The number of nitrogens with two attached hydrogens (primary N) is 1. The van der Waals surface area contributed by atoms with E-state index in [0.717, 1.165) is 0 Å². The Bertz CT molecular complexity index is 255. The van der Waals surface area contributed by atoms with Gasteiger partial charge in [-0.1, -0.05) is 27.7 Å². The van der Waals surface area contributed by atoms with Crippen LogP contribution in [-0.4, -0.2) is 24.3 Å². The van der Waals surface area contributed by atoms with Crippen molar-refractivity contribution in [3.8, 4) is 0 Å². The number of aliphatic imine (C=N–C) groups is 1. The molecule has 0 amide bonds. The van der Waals surface area contributed by atoms with E-state index in [-0.39, 0.29) is 11.5 Å². The van der Waals surface area contributed by atoms with E-state index < -0.39 is 0 Å². The lowest BCUT2D eigenvalue weighted by Crippen LogP contribution is -2.19. The van der Waals surface area contributed by atoms with E-state index >= 15 is 0 Å². The van der Waals surface area contributed by atoms with Crippen molar-refractivity contribution in [1.29, 1.82) is 0 Å². The molecule has 0 radical (unpaired) electrons. The zero-order valence-corrected chi connectivity index (χ0v) is 10.0. The van der Waals surface area contributed by atoms with Gasteiger partial charge in [-0.05, 0) is 11.8 Å². The highest BCUT2D eigenvalue weighted by molar-refractivity contribution is 6.61. The quantitative estimate of drug-likeness (QED) is 0.412. The molecule has 0 saturated heterocycles. The van der Waals surface area contributed by atoms with Crippen molar-refractivity contribution in [2.75, 3.05) is 6.54 Å². The van der Waals surface area contributed by atoms with Crippen LogP contribution in [0.4, 0.5) is 0 Å². The first kappa shape index (κ1) is 13.8. The molecule has 0 aromatic rings. The fraction of sp³-hybridized carbons (Fsp3) is 0.727. The zero-order chi connectivity index (χ0) is 11.8. The van der Waals surface area contributed by atoms with Crippen molar-refractivity contribution in [3.05, 3.63) is 0 Å². The van der Waals surface area contributed by atoms with Gasteiger partial charge in [-0.3, -0.25) is 9.79 Å². The van der Waals surface area contributed by atoms with Crippen LogP contribution in [0.1, 0.15) is 34.1 Å². The average molecular weight is 211 g/mol. The Balaban J connectivity index is 4.26. The SMILES string of the molecule is CC(C)CN=CC(=NN)C(=O)CC(C)C. The highest BCUT2D eigenvalue weighted by atomic mass is 16.1. The number of Topliss-reactive ketones (excluding diaryl/α,β-unsaturated/α-hetero) is 1. The molecule has 0 unspecified atom stereocenters. The van der Waals surface area contributed by atoms with Crippen molar-refractivity contribution in [2.45, 2.75) is 34.1 Å². The number of hydrazone groups is 1. The number of rotatable bonds is 6. The van der Waals surface area contributed by atoms with Crippen LogP contribution in [0.2, 0.25) is 0 Å². The number of nitrogens with zero attached hydrogens (tertiary/aromatic N) is 2. The standard InChI is InChI=1S/C11H21N3O/c1-8(2)5-11(15)10(14-12)7-13-6-9(3)4/h7-9H,5-6,12H2,1-4H3. The number of carbonyl (C=O) groups is 1. The van der Waals surface area contributed by atoms with Gasteiger partial charge in [0.25, 0.3) is 0 Å². The van der Waals surface area contributed by atoms with Gasteiger partial charge in [-0.25, -0.2) is 0 Å². The largest absolute Gasteiger partial charge is 0.323 e. The number of ketones is 1. The maximum Gasteiger partial charge on any atom is 0.184 e. The van der Waals surface area contributed by atoms with E-state index in [4.69, 9.17) is 5.84 Å². The van der Waals surface area contributed by atoms with E-state index in [1.807, 2.05) is 13.8 Å². The van der Waals surface area contributed by atoms with Crippen LogP contribution in [0.15, 0.2) is 10.1 Å². The summed E-state index contributed by atoms with van der Waals surface area (Å²) in [5, 5.41) is 3.46. The van der Waals surface area contributed by atoms with Crippen molar-refractivity contribution in [1.82, 2.24) is 0 Å². The molecule has 0 bridgehead atoms. The van der Waals surface area contributed by atoms with E-state index in [2.05, 4.69) is 23.9 Å². The van der Waals surface area contributed by atoms with Gasteiger partial charge in [0.2, 0.25) is 0 Å². The molecule has 0 aliphatic carbocycles. The zero-order valence-electron chi connectivity index (χ0n) is 10.0. The minimum Gasteiger partial charge on any atom is -0.323 e. The Hall–Kier alpha value is -1.19. The first-order valence-corrected chi connectivity index (χ1v) is 5.28. The lowest BCUT2D eigenvalue weighted by Gasteiger charge is -2.02. The molecule has 4 heteroatoms. The third-order valence-corrected chi connectivity index (χ3v) is 1.70. The normalized spacial score (nSPS) is 13.1. The van der Waals surface area contributed by atoms with Crippen LogP contribution in [0.25, 0.3) is 0 Å². The van der Waals surface area contributed by atoms with Gasteiger partial charge < -0.3 is 5.84 Å². The third kappa shape index (κ3) is 6.82. The highest BCUT2D eigenvalue weighted by Crippen LogP contribution is 2.00. The van der Waals surface area contributed by atoms with Crippen LogP contribution < -0.4 is 5.84 Å². The number of hydrogen-bond donors (Lipinski definition) is 1. The summed E-state index contributed by atoms with van der Waals surface area (Å²) in [6.45, 7) is 8.78. The summed E-state index contributed by atoms with van der Waals surface area (Å²) in [6.07, 6.45) is 1.94. The molecule has 4 nitrogen and oxygen atoms in total. The summed E-state index contributed by atoms with van der Waals surface area (Å²) < 4.78 is 0. The summed E-state index contributed by atoms with van der Waals surface area (Å²) >= 11 is 0. The van der Waals surface area contributed by atoms with Gasteiger partial charge in [0, 0.05) is 13.0 Å². The molecule has 0 aromatic heterocycles. The Morgan fingerprint density at radius 3 is 2.27 bits per heavy atom. The summed E-state index contributed by atoms with van der Waals surface area (Å²) in [5.41, 5.74) is 0.268. The van der Waals surface area contributed by atoms with E-state index in [1.54, 1.807) is 0 Å². The maximum atomic E-state index is 11.6. The highest BCUT2D eigenvalue weighted by Gasteiger charge is 2.10. The van der Waals surface area contributed by atoms with Crippen molar-refractivity contribution in [2.24, 2.45) is 27.8 Å². The fourth-order valence-corrected chi connectivity index (χ4v) is 1.00. The fourth-order valence-electron chi connectivity index (χ4n) is 1.00. The smallest absolute Gasteiger partial charge is 0.184 e. The van der Waals surface area contributed by atoms with Gasteiger partial charge in [0.05, 0.1) is 6.21 Å². The Morgan fingerprint density at radius 2 is 1.87 bits per heavy atom. The summed E-state index contributed by atoms with van der Waals surface area (Å²) in [6, 6.07) is 0. The summed E-state index contributed by atoms with van der Waals surface area (Å²) in [4.78, 5) is 15.7. The van der Waals surface area contributed by atoms with Crippen LogP contribution in [0, 0.1) is 11.8 Å². The lowest BCUT2D eigenvalue weighted by atomic mass is 10.0. The molecule has 0 rings (SSSR count). The molecule has 0 saturated carbocycles. The lowest BCUT2D eigenvalue weighted by molar-refractivity contribution is -0.113. The molecule has 86 valence electrons. The van der Waals surface area contributed by atoms with Gasteiger partial charge in [0.15, 0.2) is 5.78 Å². The topological polar surface area (TPSA) is 67.8 Å². The molecule has 0 atom stereocenters.